The summed E-state index contributed by atoms with van der Waals surface area (Å²) >= 11 is 0. The molecule has 1 aromatic carbocycles. The maximum atomic E-state index is 10.3. The molecule has 1 N–H and O–H groups in total. The zero-order valence-corrected chi connectivity index (χ0v) is 13.3. The molecule has 0 amide bonds. The van der Waals surface area contributed by atoms with E-state index in [-0.39, 0.29) is 5.60 Å². The van der Waals surface area contributed by atoms with Crippen molar-refractivity contribution >= 4 is 0 Å². The van der Waals surface area contributed by atoms with Crippen molar-refractivity contribution in [3.8, 4) is 11.5 Å². The average Bonchev–Trinajstić information content (AvgIpc) is 2.35. The second-order valence-corrected chi connectivity index (χ2v) is 6.52. The highest BCUT2D eigenvalue weighted by Gasteiger charge is 2.32. The largest absolute Gasteiger partial charge is 0.507 e. The molecule has 0 saturated heterocycles. The second kappa shape index (κ2) is 5.51. The van der Waals surface area contributed by atoms with Crippen molar-refractivity contribution in [3.05, 3.63) is 34.4 Å². The molecule has 1 aliphatic rings. The van der Waals surface area contributed by atoms with Gasteiger partial charge in [-0.25, -0.2) is 0 Å². The Morgan fingerprint density at radius 1 is 1.40 bits per heavy atom. The van der Waals surface area contributed by atoms with E-state index in [4.69, 9.17) is 4.74 Å². The monoisotopic (exact) mass is 274 g/mol. The summed E-state index contributed by atoms with van der Waals surface area (Å²) in [6.45, 7) is 10.4. The number of ether oxygens (including phenoxy) is 1. The first-order valence-electron chi connectivity index (χ1n) is 7.47. The van der Waals surface area contributed by atoms with Gasteiger partial charge in [-0.2, -0.15) is 0 Å². The van der Waals surface area contributed by atoms with Crippen LogP contribution in [0.1, 0.15) is 56.7 Å². The number of hydrogen-bond acceptors (Lipinski definition) is 2. The van der Waals surface area contributed by atoms with E-state index < -0.39 is 0 Å². The smallest absolute Gasteiger partial charge is 0.127 e. The summed E-state index contributed by atoms with van der Waals surface area (Å²) < 4.78 is 6.23. The van der Waals surface area contributed by atoms with E-state index in [2.05, 4.69) is 32.9 Å². The molecular weight excluding hydrogens is 248 g/mol. The number of aromatic hydroxyl groups is 1. The molecule has 2 nitrogen and oxygen atoms in total. The maximum Gasteiger partial charge on any atom is 0.127 e. The third kappa shape index (κ3) is 3.00. The van der Waals surface area contributed by atoms with Crippen LogP contribution in [0.3, 0.4) is 0 Å². The van der Waals surface area contributed by atoms with Crippen LogP contribution in [0.2, 0.25) is 0 Å². The van der Waals surface area contributed by atoms with Crippen LogP contribution in [0.15, 0.2) is 17.7 Å². The van der Waals surface area contributed by atoms with Crippen LogP contribution < -0.4 is 4.74 Å². The molecule has 1 aromatic rings. The van der Waals surface area contributed by atoms with Gasteiger partial charge >= 0.3 is 0 Å². The Balaban J connectivity index is 2.20. The molecule has 1 unspecified atom stereocenters. The Bertz CT molecular complexity index is 539. The lowest BCUT2D eigenvalue weighted by atomic mass is 9.87. The Labute approximate surface area is 122 Å². The fraction of sp³-hybridized carbons (Fsp3) is 0.556. The van der Waals surface area contributed by atoms with Crippen LogP contribution in [0, 0.1) is 13.8 Å². The number of benzene rings is 1. The van der Waals surface area contributed by atoms with Crippen LogP contribution in [0.5, 0.6) is 11.5 Å². The number of phenolic OH excluding ortho intramolecular Hbond substituents is 1. The highest BCUT2D eigenvalue weighted by atomic mass is 16.5. The predicted molar refractivity (Wildman–Crippen MR) is 83.6 cm³/mol. The van der Waals surface area contributed by atoms with Gasteiger partial charge in [-0.1, -0.05) is 11.6 Å². The third-order valence-corrected chi connectivity index (χ3v) is 4.36. The van der Waals surface area contributed by atoms with Crippen LogP contribution >= 0.6 is 0 Å². The van der Waals surface area contributed by atoms with Crippen molar-refractivity contribution in [2.45, 2.75) is 65.9 Å². The predicted octanol–water partition coefficient (Wildman–Crippen LogP) is 4.84. The molecule has 20 heavy (non-hydrogen) atoms. The minimum atomic E-state index is -0.118. The summed E-state index contributed by atoms with van der Waals surface area (Å²) in [6.07, 6.45) is 6.19. The summed E-state index contributed by atoms with van der Waals surface area (Å²) in [7, 11) is 0. The molecule has 0 fully saturated rings. The van der Waals surface area contributed by atoms with Crippen molar-refractivity contribution in [1.29, 1.82) is 0 Å². The lowest BCUT2D eigenvalue weighted by molar-refractivity contribution is 0.0563. The molecule has 2 heteroatoms. The number of allylic oxidation sites excluding steroid dienone is 2. The molecule has 0 aromatic heterocycles. The second-order valence-electron chi connectivity index (χ2n) is 6.52. The minimum absolute atomic E-state index is 0.118. The van der Waals surface area contributed by atoms with E-state index in [0.717, 1.165) is 48.1 Å². The van der Waals surface area contributed by atoms with Crippen molar-refractivity contribution in [2.75, 3.05) is 0 Å². The summed E-state index contributed by atoms with van der Waals surface area (Å²) in [4.78, 5) is 0. The van der Waals surface area contributed by atoms with E-state index in [1.807, 2.05) is 13.8 Å². The summed E-state index contributed by atoms with van der Waals surface area (Å²) in [5, 5.41) is 10.3. The average molecular weight is 274 g/mol. The molecule has 1 aliphatic heterocycles. The highest BCUT2D eigenvalue weighted by molar-refractivity contribution is 5.53. The van der Waals surface area contributed by atoms with Crippen LogP contribution in [-0.2, 0) is 6.42 Å². The molecule has 2 rings (SSSR count). The number of rotatable bonds is 3. The quantitative estimate of drug-likeness (QED) is 0.799. The zero-order valence-electron chi connectivity index (χ0n) is 13.3. The number of aryl methyl sites for hydroxylation is 1. The van der Waals surface area contributed by atoms with Gasteiger partial charge in [-0.3, -0.25) is 0 Å². The maximum absolute atomic E-state index is 10.3. The van der Waals surface area contributed by atoms with Crippen molar-refractivity contribution in [2.24, 2.45) is 0 Å². The van der Waals surface area contributed by atoms with E-state index in [0.29, 0.717) is 5.75 Å². The van der Waals surface area contributed by atoms with Gasteiger partial charge in [0.2, 0.25) is 0 Å². The van der Waals surface area contributed by atoms with Gasteiger partial charge in [-0.05, 0) is 77.5 Å². The minimum Gasteiger partial charge on any atom is -0.507 e. The molecule has 1 atom stereocenters. The molecular formula is C18H26O2. The normalized spacial score (nSPS) is 21.1. The Morgan fingerprint density at radius 2 is 2.10 bits per heavy atom. The van der Waals surface area contributed by atoms with Crippen LogP contribution in [0.25, 0.3) is 0 Å². The summed E-state index contributed by atoms with van der Waals surface area (Å²) in [6, 6.07) is 2.07. The zero-order chi connectivity index (χ0) is 14.9. The number of fused-ring (bicyclic) bond motifs is 1. The molecule has 110 valence electrons. The Morgan fingerprint density at radius 3 is 2.75 bits per heavy atom. The fourth-order valence-electron chi connectivity index (χ4n) is 2.80. The molecule has 0 aliphatic carbocycles. The van der Waals surface area contributed by atoms with Gasteiger partial charge in [0.1, 0.15) is 17.1 Å². The molecule has 0 radical (unpaired) electrons. The third-order valence-electron chi connectivity index (χ3n) is 4.36. The Hall–Kier alpha value is -1.44. The standard InChI is InChI=1S/C18H26O2/c1-12(2)7-6-9-18(5)10-8-15-16(20-18)11-13(3)14(4)17(15)19/h7,11,19H,6,8-10H2,1-5H3. The Kier molecular flexibility index (Phi) is 4.12. The topological polar surface area (TPSA) is 29.5 Å². The van der Waals surface area contributed by atoms with Crippen molar-refractivity contribution in [1.82, 2.24) is 0 Å². The molecule has 0 saturated carbocycles. The summed E-state index contributed by atoms with van der Waals surface area (Å²) in [5.74, 6) is 1.29. The highest BCUT2D eigenvalue weighted by Crippen LogP contribution is 2.42. The number of phenols is 1. The van der Waals surface area contributed by atoms with Gasteiger partial charge in [0.25, 0.3) is 0 Å². The lowest BCUT2D eigenvalue weighted by Gasteiger charge is -2.36. The van der Waals surface area contributed by atoms with Gasteiger partial charge in [0.15, 0.2) is 0 Å². The molecule has 0 bridgehead atoms. The van der Waals surface area contributed by atoms with Gasteiger partial charge < -0.3 is 9.84 Å². The molecule has 1 heterocycles. The number of hydrogen-bond donors (Lipinski definition) is 1. The molecule has 0 spiro atoms. The van der Waals surface area contributed by atoms with E-state index in [1.54, 1.807) is 0 Å². The van der Waals surface area contributed by atoms with Gasteiger partial charge in [0, 0.05) is 5.56 Å². The van der Waals surface area contributed by atoms with E-state index in [9.17, 15) is 5.11 Å². The lowest BCUT2D eigenvalue weighted by Crippen LogP contribution is -2.36. The van der Waals surface area contributed by atoms with Crippen LogP contribution in [-0.4, -0.2) is 10.7 Å². The first kappa shape index (κ1) is 15.0. The fourth-order valence-corrected chi connectivity index (χ4v) is 2.80. The summed E-state index contributed by atoms with van der Waals surface area (Å²) in [5.41, 5.74) is 4.28. The van der Waals surface area contributed by atoms with E-state index in [1.165, 1.54) is 5.57 Å². The first-order valence-corrected chi connectivity index (χ1v) is 7.47. The SMILES string of the molecule is CC(C)=CCCC1(C)CCc2c(cc(C)c(C)c2O)O1. The van der Waals surface area contributed by atoms with Gasteiger partial charge in [0.05, 0.1) is 0 Å². The van der Waals surface area contributed by atoms with Crippen LogP contribution in [0.4, 0.5) is 0 Å². The van der Waals surface area contributed by atoms with Crippen molar-refractivity contribution < 1.29 is 9.84 Å². The van der Waals surface area contributed by atoms with Crippen molar-refractivity contribution in [3.63, 3.8) is 0 Å². The first-order chi connectivity index (χ1) is 9.32. The van der Waals surface area contributed by atoms with Gasteiger partial charge in [-0.15, -0.1) is 0 Å². The van der Waals surface area contributed by atoms with E-state index >= 15 is 0 Å².